The number of ether oxygens (including phenoxy) is 2. The van der Waals surface area contributed by atoms with Crippen LogP contribution < -0.4 is 5.32 Å². The van der Waals surface area contributed by atoms with Gasteiger partial charge >= 0.3 is 0 Å². The van der Waals surface area contributed by atoms with Gasteiger partial charge in [-0.1, -0.05) is 0 Å². The zero-order valence-corrected chi connectivity index (χ0v) is 13.7. The van der Waals surface area contributed by atoms with Gasteiger partial charge in [-0.2, -0.15) is 5.10 Å². The molecule has 2 aliphatic heterocycles. The molecule has 1 aromatic heterocycles. The average molecular weight is 320 g/mol. The largest absolute Gasteiger partial charge is 0.375 e. The molecule has 2 saturated heterocycles. The molecule has 7 nitrogen and oxygen atoms in total. The third-order valence-corrected chi connectivity index (χ3v) is 4.52. The summed E-state index contributed by atoms with van der Waals surface area (Å²) in [6.07, 6.45) is 2.83. The molecule has 0 aromatic carbocycles. The first kappa shape index (κ1) is 16.1. The van der Waals surface area contributed by atoms with Gasteiger partial charge in [0.05, 0.1) is 23.9 Å². The van der Waals surface area contributed by atoms with E-state index in [-0.39, 0.29) is 24.2 Å². The van der Waals surface area contributed by atoms with Crippen molar-refractivity contribution in [2.45, 2.75) is 37.8 Å². The van der Waals surface area contributed by atoms with Gasteiger partial charge in [0.1, 0.15) is 12.4 Å². The lowest BCUT2D eigenvalue weighted by Crippen LogP contribution is -2.51. The van der Waals surface area contributed by atoms with Gasteiger partial charge < -0.3 is 19.7 Å². The Balaban J connectivity index is 1.59. The van der Waals surface area contributed by atoms with E-state index in [0.717, 1.165) is 37.3 Å². The highest BCUT2D eigenvalue weighted by atomic mass is 16.5. The van der Waals surface area contributed by atoms with E-state index in [1.165, 1.54) is 0 Å². The van der Waals surface area contributed by atoms with Crippen molar-refractivity contribution in [2.75, 3.05) is 38.7 Å². The number of hydrogen-bond acceptors (Lipinski definition) is 6. The highest BCUT2D eigenvalue weighted by Gasteiger charge is 2.44. The number of carbonyl (C=O) groups excluding carboxylic acids is 1. The van der Waals surface area contributed by atoms with E-state index in [1.54, 1.807) is 7.11 Å². The van der Waals surface area contributed by atoms with Gasteiger partial charge in [-0.3, -0.25) is 4.79 Å². The van der Waals surface area contributed by atoms with Gasteiger partial charge in [-0.05, 0) is 31.9 Å². The van der Waals surface area contributed by atoms with Crippen LogP contribution in [0.15, 0.2) is 12.1 Å². The number of rotatable bonds is 4. The normalized spacial score (nSPS) is 27.4. The highest BCUT2D eigenvalue weighted by molar-refractivity contribution is 5.77. The molecule has 1 spiro atoms. The van der Waals surface area contributed by atoms with Crippen molar-refractivity contribution in [2.24, 2.45) is 0 Å². The number of piperidine rings is 1. The summed E-state index contributed by atoms with van der Waals surface area (Å²) < 4.78 is 11.1. The predicted molar refractivity (Wildman–Crippen MR) is 85.2 cm³/mol. The third kappa shape index (κ3) is 3.79. The summed E-state index contributed by atoms with van der Waals surface area (Å²) >= 11 is 0. The number of nitrogens with one attached hydrogen (secondary N) is 1. The van der Waals surface area contributed by atoms with Crippen LogP contribution in [0, 0.1) is 6.92 Å². The summed E-state index contributed by atoms with van der Waals surface area (Å²) in [6.45, 7) is 4.11. The Labute approximate surface area is 136 Å². The molecule has 0 saturated carbocycles. The van der Waals surface area contributed by atoms with Crippen LogP contribution in [-0.2, 0) is 14.3 Å². The van der Waals surface area contributed by atoms with Crippen LogP contribution in [0.1, 0.15) is 25.0 Å². The van der Waals surface area contributed by atoms with E-state index in [4.69, 9.17) is 9.47 Å². The molecule has 7 heteroatoms. The zero-order valence-electron chi connectivity index (χ0n) is 13.7. The molecule has 0 radical (unpaired) electrons. The van der Waals surface area contributed by atoms with Crippen molar-refractivity contribution in [3.63, 3.8) is 0 Å². The lowest BCUT2D eigenvalue weighted by Gasteiger charge is -2.39. The smallest absolute Gasteiger partial charge is 0.248 e. The number of amides is 1. The molecule has 3 rings (SSSR count). The van der Waals surface area contributed by atoms with Crippen LogP contribution in [0.25, 0.3) is 0 Å². The predicted octanol–water partition coefficient (Wildman–Crippen LogP) is 0.993. The third-order valence-electron chi connectivity index (χ3n) is 4.52. The fraction of sp³-hybridized carbons (Fsp3) is 0.688. The van der Waals surface area contributed by atoms with Gasteiger partial charge in [-0.15, -0.1) is 5.10 Å². The minimum atomic E-state index is -0.239. The van der Waals surface area contributed by atoms with Crippen LogP contribution in [-0.4, -0.2) is 66.1 Å². The second kappa shape index (κ2) is 6.80. The quantitative estimate of drug-likeness (QED) is 0.892. The number of carbonyl (C=O) groups is 1. The molecule has 23 heavy (non-hydrogen) atoms. The van der Waals surface area contributed by atoms with E-state index in [9.17, 15) is 4.79 Å². The van der Waals surface area contributed by atoms with Crippen molar-refractivity contribution >= 4 is 11.7 Å². The van der Waals surface area contributed by atoms with E-state index in [0.29, 0.717) is 13.2 Å². The van der Waals surface area contributed by atoms with Crippen LogP contribution in [0.4, 0.5) is 5.82 Å². The van der Waals surface area contributed by atoms with Gasteiger partial charge in [-0.25, -0.2) is 0 Å². The maximum absolute atomic E-state index is 12.1. The molecule has 1 amide bonds. The van der Waals surface area contributed by atoms with E-state index in [2.05, 4.69) is 15.5 Å². The number of hydrogen-bond donors (Lipinski definition) is 1. The van der Waals surface area contributed by atoms with Crippen LogP contribution in [0.5, 0.6) is 0 Å². The molecule has 0 aliphatic carbocycles. The molecular formula is C16H24N4O3. The first-order valence-corrected chi connectivity index (χ1v) is 8.08. The molecule has 3 heterocycles. The number of anilines is 1. The molecule has 1 N–H and O–H groups in total. The van der Waals surface area contributed by atoms with Crippen molar-refractivity contribution in [3.05, 3.63) is 17.8 Å². The second-order valence-electron chi connectivity index (χ2n) is 6.45. The number of methoxy groups -OCH3 is 1. The van der Waals surface area contributed by atoms with E-state index in [1.807, 2.05) is 24.0 Å². The minimum absolute atomic E-state index is 0.0379. The summed E-state index contributed by atoms with van der Waals surface area (Å²) in [5.41, 5.74) is 0.659. The first-order chi connectivity index (χ1) is 11.1. The molecule has 2 aliphatic rings. The topological polar surface area (TPSA) is 76.6 Å². The molecular weight excluding hydrogens is 296 g/mol. The van der Waals surface area contributed by atoms with Gasteiger partial charge in [0.25, 0.3) is 0 Å². The summed E-state index contributed by atoms with van der Waals surface area (Å²) in [6, 6.07) is 4.07. The Kier molecular flexibility index (Phi) is 4.77. The number of aryl methyl sites for hydroxylation is 1. The monoisotopic (exact) mass is 320 g/mol. The Morgan fingerprint density at radius 1 is 1.52 bits per heavy atom. The second-order valence-corrected chi connectivity index (χ2v) is 6.45. The van der Waals surface area contributed by atoms with Gasteiger partial charge in [0.15, 0.2) is 0 Å². The van der Waals surface area contributed by atoms with Gasteiger partial charge in [0.2, 0.25) is 5.91 Å². The van der Waals surface area contributed by atoms with Crippen molar-refractivity contribution in [3.8, 4) is 0 Å². The number of nitrogens with zero attached hydrogens (tertiary/aromatic N) is 3. The fourth-order valence-electron chi connectivity index (χ4n) is 3.43. The molecule has 0 bridgehead atoms. The van der Waals surface area contributed by atoms with Crippen molar-refractivity contribution in [1.82, 2.24) is 15.1 Å². The summed E-state index contributed by atoms with van der Waals surface area (Å²) in [5, 5.41) is 11.6. The van der Waals surface area contributed by atoms with Crippen LogP contribution in [0.2, 0.25) is 0 Å². The SMILES string of the molecule is COCC(=O)N1CCC[C@]2(C[C@H](Nc3ccc(C)nn3)CO2)C1. The fourth-order valence-corrected chi connectivity index (χ4v) is 3.43. The Bertz CT molecular complexity index is 551. The zero-order chi connectivity index (χ0) is 16.3. The number of likely N-dealkylation sites (tertiary alicyclic amines) is 1. The molecule has 2 atom stereocenters. The standard InChI is InChI=1S/C16H24N4O3/c1-12-4-5-14(19-18-12)17-13-8-16(23-9-13)6-3-7-20(11-16)15(21)10-22-2/h4-5,13H,3,6-11H2,1-2H3,(H,17,19)/t13-,16-/m0/s1. The molecule has 2 fully saturated rings. The van der Waals surface area contributed by atoms with Gasteiger partial charge in [0, 0.05) is 26.6 Å². The van der Waals surface area contributed by atoms with Crippen molar-refractivity contribution < 1.29 is 14.3 Å². The van der Waals surface area contributed by atoms with E-state index < -0.39 is 0 Å². The maximum Gasteiger partial charge on any atom is 0.248 e. The van der Waals surface area contributed by atoms with Crippen LogP contribution >= 0.6 is 0 Å². The number of aromatic nitrogens is 2. The first-order valence-electron chi connectivity index (χ1n) is 8.08. The average Bonchev–Trinajstić information content (AvgIpc) is 2.92. The molecule has 126 valence electrons. The van der Waals surface area contributed by atoms with Crippen molar-refractivity contribution in [1.29, 1.82) is 0 Å². The summed E-state index contributed by atoms with van der Waals surface area (Å²) in [5.74, 6) is 0.806. The molecule has 0 unspecified atom stereocenters. The maximum atomic E-state index is 12.1. The molecule has 1 aromatic rings. The van der Waals surface area contributed by atoms with Crippen LogP contribution in [0.3, 0.4) is 0 Å². The highest BCUT2D eigenvalue weighted by Crippen LogP contribution is 2.35. The lowest BCUT2D eigenvalue weighted by molar-refractivity contribution is -0.143. The Morgan fingerprint density at radius 3 is 3.13 bits per heavy atom. The lowest BCUT2D eigenvalue weighted by atomic mass is 9.88. The minimum Gasteiger partial charge on any atom is -0.375 e. The summed E-state index contributed by atoms with van der Waals surface area (Å²) in [7, 11) is 1.55. The Hall–Kier alpha value is -1.73. The Morgan fingerprint density at radius 2 is 2.39 bits per heavy atom. The summed E-state index contributed by atoms with van der Waals surface area (Å²) in [4.78, 5) is 13.9. The van der Waals surface area contributed by atoms with E-state index >= 15 is 0 Å².